The fourth-order valence-electron chi connectivity index (χ4n) is 2.85. The first kappa shape index (κ1) is 15.8. The number of piperidine rings is 1. The molecule has 1 fully saturated rings. The van der Waals surface area contributed by atoms with E-state index in [9.17, 15) is 0 Å². The van der Waals surface area contributed by atoms with E-state index < -0.39 is 0 Å². The van der Waals surface area contributed by atoms with Gasteiger partial charge in [0, 0.05) is 42.8 Å². The van der Waals surface area contributed by atoms with Gasteiger partial charge in [0.2, 0.25) is 0 Å². The largest absolute Gasteiger partial charge is 0.394 e. The summed E-state index contributed by atoms with van der Waals surface area (Å²) in [5.74, 6) is 1.66. The van der Waals surface area contributed by atoms with Crippen LogP contribution in [0.5, 0.6) is 0 Å². The van der Waals surface area contributed by atoms with Gasteiger partial charge in [0.15, 0.2) is 5.82 Å². The summed E-state index contributed by atoms with van der Waals surface area (Å²) in [7, 11) is 0. The quantitative estimate of drug-likeness (QED) is 0.908. The first-order chi connectivity index (χ1) is 11.3. The molecule has 1 aliphatic rings. The number of aromatic nitrogens is 3. The van der Waals surface area contributed by atoms with Gasteiger partial charge in [0.25, 0.3) is 0 Å². The molecule has 6 nitrogen and oxygen atoms in total. The zero-order valence-corrected chi connectivity index (χ0v) is 13.4. The monoisotopic (exact) mass is 314 g/mol. The molecule has 0 saturated carbocycles. The molecular weight excluding hydrogens is 292 g/mol. The van der Waals surface area contributed by atoms with Crippen molar-refractivity contribution in [2.45, 2.75) is 25.9 Å². The van der Waals surface area contributed by atoms with E-state index in [0.717, 1.165) is 48.8 Å². The number of aliphatic hydroxyl groups excluding tert-OH is 1. The minimum absolute atomic E-state index is 0.0648. The fraction of sp³-hybridized carbons (Fsp3) is 0.471. The number of aliphatic hydroxyl groups is 1. The van der Waals surface area contributed by atoms with Crippen molar-refractivity contribution < 1.29 is 9.84 Å². The van der Waals surface area contributed by atoms with Gasteiger partial charge in [-0.25, -0.2) is 9.97 Å². The highest BCUT2D eigenvalue weighted by Crippen LogP contribution is 2.23. The molecule has 3 rings (SSSR count). The van der Waals surface area contributed by atoms with Crippen LogP contribution in [0.3, 0.4) is 0 Å². The van der Waals surface area contributed by atoms with Crippen LogP contribution in [0.2, 0.25) is 0 Å². The standard InChI is InChI=1S/C17H22N4O2/c1-13-11-16(20-17(19-13)14-4-6-18-7-5-14)21-8-2-3-15(12-21)23-10-9-22/h4-7,11,15,22H,2-3,8-10,12H2,1H3. The molecule has 1 saturated heterocycles. The maximum Gasteiger partial charge on any atom is 0.161 e. The van der Waals surface area contributed by atoms with Crippen molar-refractivity contribution in [2.75, 3.05) is 31.2 Å². The van der Waals surface area contributed by atoms with Crippen LogP contribution in [0.4, 0.5) is 5.82 Å². The van der Waals surface area contributed by atoms with Crippen LogP contribution in [0, 0.1) is 6.92 Å². The molecule has 23 heavy (non-hydrogen) atoms. The summed E-state index contributed by atoms with van der Waals surface area (Å²) in [6.07, 6.45) is 5.73. The Hall–Kier alpha value is -2.05. The average Bonchev–Trinajstić information content (AvgIpc) is 2.60. The molecule has 0 radical (unpaired) electrons. The van der Waals surface area contributed by atoms with Crippen LogP contribution in [0.25, 0.3) is 11.4 Å². The third-order valence-corrected chi connectivity index (χ3v) is 3.93. The van der Waals surface area contributed by atoms with Crippen molar-refractivity contribution in [1.29, 1.82) is 0 Å². The highest BCUT2D eigenvalue weighted by Gasteiger charge is 2.22. The number of hydrogen-bond acceptors (Lipinski definition) is 6. The number of anilines is 1. The fourth-order valence-corrected chi connectivity index (χ4v) is 2.85. The summed E-state index contributed by atoms with van der Waals surface area (Å²) >= 11 is 0. The van der Waals surface area contributed by atoms with Crippen molar-refractivity contribution in [3.63, 3.8) is 0 Å². The SMILES string of the molecule is Cc1cc(N2CCCC(OCCO)C2)nc(-c2ccncc2)n1. The van der Waals surface area contributed by atoms with E-state index in [1.165, 1.54) is 0 Å². The van der Waals surface area contributed by atoms with Crippen molar-refractivity contribution >= 4 is 5.82 Å². The lowest BCUT2D eigenvalue weighted by Gasteiger charge is -2.33. The molecule has 1 atom stereocenters. The van der Waals surface area contributed by atoms with Gasteiger partial charge in [-0.05, 0) is 31.9 Å². The Balaban J connectivity index is 1.81. The Morgan fingerprint density at radius 1 is 1.30 bits per heavy atom. The molecular formula is C17H22N4O2. The molecule has 2 aromatic rings. The van der Waals surface area contributed by atoms with Crippen LogP contribution in [-0.4, -0.2) is 52.5 Å². The first-order valence-corrected chi connectivity index (χ1v) is 8.00. The molecule has 3 heterocycles. The van der Waals surface area contributed by atoms with Crippen LogP contribution in [-0.2, 0) is 4.74 Å². The van der Waals surface area contributed by atoms with Crippen LogP contribution < -0.4 is 4.90 Å². The summed E-state index contributed by atoms with van der Waals surface area (Å²) in [6.45, 7) is 4.20. The Labute approximate surface area is 136 Å². The van der Waals surface area contributed by atoms with Crippen molar-refractivity contribution in [3.8, 4) is 11.4 Å². The first-order valence-electron chi connectivity index (χ1n) is 8.00. The molecule has 1 unspecified atom stereocenters. The van der Waals surface area contributed by atoms with Crippen molar-refractivity contribution in [2.24, 2.45) is 0 Å². The van der Waals surface area contributed by atoms with Gasteiger partial charge < -0.3 is 14.7 Å². The number of nitrogens with zero attached hydrogens (tertiary/aromatic N) is 4. The van der Waals surface area contributed by atoms with Gasteiger partial charge >= 0.3 is 0 Å². The lowest BCUT2D eigenvalue weighted by Crippen LogP contribution is -2.40. The Kier molecular flexibility index (Phi) is 5.15. The van der Waals surface area contributed by atoms with Gasteiger partial charge in [-0.3, -0.25) is 4.98 Å². The summed E-state index contributed by atoms with van der Waals surface area (Å²) < 4.78 is 5.69. The number of rotatable bonds is 5. The zero-order chi connectivity index (χ0) is 16.1. The Morgan fingerprint density at radius 2 is 2.13 bits per heavy atom. The van der Waals surface area contributed by atoms with Gasteiger partial charge in [0.1, 0.15) is 5.82 Å². The van der Waals surface area contributed by atoms with E-state index in [4.69, 9.17) is 14.8 Å². The minimum Gasteiger partial charge on any atom is -0.394 e. The molecule has 1 N–H and O–H groups in total. The average molecular weight is 314 g/mol. The maximum absolute atomic E-state index is 8.91. The lowest BCUT2D eigenvalue weighted by atomic mass is 10.1. The number of aryl methyl sites for hydroxylation is 1. The normalized spacial score (nSPS) is 18.2. The topological polar surface area (TPSA) is 71.4 Å². The number of ether oxygens (including phenoxy) is 1. The summed E-state index contributed by atoms with van der Waals surface area (Å²) in [5.41, 5.74) is 1.91. The predicted molar refractivity (Wildman–Crippen MR) is 88.3 cm³/mol. The maximum atomic E-state index is 8.91. The third-order valence-electron chi connectivity index (χ3n) is 3.93. The molecule has 0 bridgehead atoms. The summed E-state index contributed by atoms with van der Waals surface area (Å²) in [6, 6.07) is 5.85. The number of pyridine rings is 1. The van der Waals surface area contributed by atoms with Crippen molar-refractivity contribution in [1.82, 2.24) is 15.0 Å². The Morgan fingerprint density at radius 3 is 2.91 bits per heavy atom. The molecule has 0 aromatic carbocycles. The molecule has 0 amide bonds. The van der Waals surface area contributed by atoms with E-state index in [-0.39, 0.29) is 12.7 Å². The molecule has 1 aliphatic heterocycles. The number of hydrogen-bond donors (Lipinski definition) is 1. The second-order valence-electron chi connectivity index (χ2n) is 5.73. The van der Waals surface area contributed by atoms with E-state index in [0.29, 0.717) is 6.61 Å². The molecule has 2 aromatic heterocycles. The van der Waals surface area contributed by atoms with E-state index in [1.807, 2.05) is 25.1 Å². The highest BCUT2D eigenvalue weighted by atomic mass is 16.5. The second kappa shape index (κ2) is 7.48. The zero-order valence-electron chi connectivity index (χ0n) is 13.4. The lowest BCUT2D eigenvalue weighted by molar-refractivity contribution is 0.0213. The third kappa shape index (κ3) is 4.03. The predicted octanol–water partition coefficient (Wildman–Crippen LogP) is 1.82. The van der Waals surface area contributed by atoms with Gasteiger partial charge in [0.05, 0.1) is 19.3 Å². The highest BCUT2D eigenvalue weighted by molar-refractivity contribution is 5.57. The van der Waals surface area contributed by atoms with E-state index in [1.54, 1.807) is 12.4 Å². The smallest absolute Gasteiger partial charge is 0.161 e. The van der Waals surface area contributed by atoms with Crippen LogP contribution in [0.15, 0.2) is 30.6 Å². The van der Waals surface area contributed by atoms with Crippen LogP contribution in [0.1, 0.15) is 18.5 Å². The summed E-state index contributed by atoms with van der Waals surface area (Å²) in [4.78, 5) is 15.5. The van der Waals surface area contributed by atoms with Gasteiger partial charge in [-0.2, -0.15) is 0 Å². The second-order valence-corrected chi connectivity index (χ2v) is 5.73. The van der Waals surface area contributed by atoms with Gasteiger partial charge in [-0.15, -0.1) is 0 Å². The Bertz CT molecular complexity index is 636. The molecule has 6 heteroatoms. The molecule has 0 aliphatic carbocycles. The van der Waals surface area contributed by atoms with Crippen molar-refractivity contribution in [3.05, 3.63) is 36.3 Å². The van der Waals surface area contributed by atoms with E-state index in [2.05, 4.69) is 14.9 Å². The molecule has 0 spiro atoms. The van der Waals surface area contributed by atoms with Gasteiger partial charge in [-0.1, -0.05) is 0 Å². The molecule has 122 valence electrons. The van der Waals surface area contributed by atoms with Crippen LogP contribution >= 0.6 is 0 Å². The van der Waals surface area contributed by atoms with E-state index >= 15 is 0 Å². The minimum atomic E-state index is 0.0648. The summed E-state index contributed by atoms with van der Waals surface area (Å²) in [5, 5.41) is 8.91.